The summed E-state index contributed by atoms with van der Waals surface area (Å²) in [5.74, 6) is 0. The molecule has 0 fully saturated rings. The number of rotatable bonds is 7. The van der Waals surface area contributed by atoms with Gasteiger partial charge in [-0.05, 0) is 0 Å². The van der Waals surface area contributed by atoms with E-state index in [-0.39, 0.29) is 5.32 Å². The second-order valence-corrected chi connectivity index (χ2v) is 8.88. The minimum atomic E-state index is -4.23. The van der Waals surface area contributed by atoms with Crippen molar-refractivity contribution in [3.8, 4) is 0 Å². The van der Waals surface area contributed by atoms with Gasteiger partial charge in [-0.2, -0.15) is 0 Å². The van der Waals surface area contributed by atoms with Gasteiger partial charge in [-0.3, -0.25) is 0 Å². The Balaban J connectivity index is 2.25. The van der Waals surface area contributed by atoms with E-state index in [1.54, 1.807) is 36.4 Å². The molecule has 3 nitrogen and oxygen atoms in total. The topological polar surface area (TPSA) is 43.4 Å². The van der Waals surface area contributed by atoms with E-state index in [4.69, 9.17) is 4.74 Å². The van der Waals surface area contributed by atoms with Crippen molar-refractivity contribution in [3.05, 3.63) is 78.9 Å². The average Bonchev–Trinajstić information content (AvgIpc) is 2.53. The van der Waals surface area contributed by atoms with Crippen LogP contribution in [0.25, 0.3) is 0 Å². The summed E-state index contributed by atoms with van der Waals surface area (Å²) in [5, 5.41) is -0.0155. The monoisotopic (exact) mass is 350 g/mol. The van der Waals surface area contributed by atoms with Crippen LogP contribution in [-0.4, -0.2) is 19.3 Å². The molecular formula is C17H18O3Se. The van der Waals surface area contributed by atoms with Crippen LogP contribution in [0.1, 0.15) is 11.7 Å². The first kappa shape index (κ1) is 15.6. The van der Waals surface area contributed by atoms with Crippen molar-refractivity contribution in [2.24, 2.45) is 0 Å². The summed E-state index contributed by atoms with van der Waals surface area (Å²) in [7, 11) is 0. The molecule has 1 unspecified atom stereocenters. The second kappa shape index (κ2) is 7.32. The molecule has 21 heavy (non-hydrogen) atoms. The van der Waals surface area contributed by atoms with Crippen molar-refractivity contribution in [1.82, 2.24) is 0 Å². The van der Waals surface area contributed by atoms with E-state index in [9.17, 15) is 7.67 Å². The molecule has 110 valence electrons. The molecule has 0 radical (unpaired) electrons. The standard InChI is InChI=1S/C17H18O3Se/c1-2-13-20-17(15-9-5-3-6-10-15)14-21(18,19)16-11-7-4-8-12-16/h2-12,17H,1,13-14H2. The van der Waals surface area contributed by atoms with E-state index in [1.165, 1.54) is 0 Å². The molecular weight excluding hydrogens is 331 g/mol. The third kappa shape index (κ3) is 4.36. The van der Waals surface area contributed by atoms with Gasteiger partial charge in [0.25, 0.3) is 0 Å². The van der Waals surface area contributed by atoms with Crippen LogP contribution in [0.15, 0.2) is 73.3 Å². The number of benzene rings is 2. The van der Waals surface area contributed by atoms with Gasteiger partial charge in [0.05, 0.1) is 0 Å². The molecule has 0 spiro atoms. The summed E-state index contributed by atoms with van der Waals surface area (Å²) in [5.41, 5.74) is 0.864. The first-order chi connectivity index (χ1) is 10.1. The number of hydrogen-bond acceptors (Lipinski definition) is 3. The summed E-state index contributed by atoms with van der Waals surface area (Å²) < 4.78 is 31.1. The molecule has 2 aromatic carbocycles. The summed E-state index contributed by atoms with van der Waals surface area (Å²) in [6, 6.07) is 18.0. The van der Waals surface area contributed by atoms with Gasteiger partial charge in [-0.25, -0.2) is 0 Å². The molecule has 0 aromatic heterocycles. The molecule has 0 aliphatic rings. The maximum atomic E-state index is 12.5. The summed E-state index contributed by atoms with van der Waals surface area (Å²) in [6.45, 7) is 3.93. The predicted octanol–water partition coefficient (Wildman–Crippen LogP) is 3.14. The number of ether oxygens (including phenoxy) is 1. The van der Waals surface area contributed by atoms with E-state index >= 15 is 0 Å². The minimum absolute atomic E-state index is 0.0155. The second-order valence-electron chi connectivity index (χ2n) is 4.62. The maximum absolute atomic E-state index is 12.5. The van der Waals surface area contributed by atoms with Gasteiger partial charge in [0.15, 0.2) is 0 Å². The molecule has 0 heterocycles. The van der Waals surface area contributed by atoms with E-state index in [2.05, 4.69) is 6.58 Å². The Bertz CT molecular complexity index is 664. The van der Waals surface area contributed by atoms with Gasteiger partial charge in [-0.15, -0.1) is 0 Å². The van der Waals surface area contributed by atoms with Gasteiger partial charge < -0.3 is 0 Å². The van der Waals surface area contributed by atoms with Crippen LogP contribution in [0.4, 0.5) is 0 Å². The molecule has 0 bridgehead atoms. The zero-order valence-corrected chi connectivity index (χ0v) is 13.4. The quantitative estimate of drug-likeness (QED) is 0.570. The molecule has 0 saturated heterocycles. The first-order valence-electron chi connectivity index (χ1n) is 6.69. The molecule has 0 saturated carbocycles. The molecule has 1 atom stereocenters. The van der Waals surface area contributed by atoms with Crippen LogP contribution in [0.2, 0.25) is 5.32 Å². The number of hydrogen-bond donors (Lipinski definition) is 0. The van der Waals surface area contributed by atoms with E-state index in [0.717, 1.165) is 5.56 Å². The van der Waals surface area contributed by atoms with E-state index in [1.807, 2.05) is 30.3 Å². The fraction of sp³-hybridized carbons (Fsp3) is 0.176. The fourth-order valence-corrected chi connectivity index (χ4v) is 5.06. The molecule has 4 heteroatoms. The summed E-state index contributed by atoms with van der Waals surface area (Å²) in [4.78, 5) is 0. The van der Waals surface area contributed by atoms with E-state index in [0.29, 0.717) is 11.1 Å². The molecule has 0 aliphatic carbocycles. The Kier molecular flexibility index (Phi) is 5.45. The average molecular weight is 349 g/mol. The van der Waals surface area contributed by atoms with Gasteiger partial charge in [0.2, 0.25) is 0 Å². The van der Waals surface area contributed by atoms with Crippen molar-refractivity contribution >= 4 is 17.2 Å². The summed E-state index contributed by atoms with van der Waals surface area (Å²) in [6.07, 6.45) is 1.15. The predicted molar refractivity (Wildman–Crippen MR) is 83.3 cm³/mol. The van der Waals surface area contributed by atoms with Crippen LogP contribution < -0.4 is 4.46 Å². The van der Waals surface area contributed by atoms with Crippen molar-refractivity contribution in [2.45, 2.75) is 11.4 Å². The van der Waals surface area contributed by atoms with Crippen LogP contribution >= 0.6 is 0 Å². The first-order valence-corrected chi connectivity index (χ1v) is 10.2. The third-order valence-corrected chi connectivity index (χ3v) is 6.69. The van der Waals surface area contributed by atoms with Gasteiger partial charge in [0.1, 0.15) is 0 Å². The van der Waals surface area contributed by atoms with Crippen LogP contribution in [-0.2, 0) is 12.4 Å². The normalized spacial score (nSPS) is 12.8. The fourth-order valence-electron chi connectivity index (χ4n) is 2.02. The Morgan fingerprint density at radius 3 is 2.14 bits per heavy atom. The Morgan fingerprint density at radius 2 is 1.57 bits per heavy atom. The van der Waals surface area contributed by atoms with Crippen molar-refractivity contribution in [3.63, 3.8) is 0 Å². The molecule has 2 aromatic rings. The molecule has 0 amide bonds. The molecule has 0 N–H and O–H groups in total. The van der Waals surface area contributed by atoms with Gasteiger partial charge in [0, 0.05) is 0 Å². The zero-order chi connectivity index (χ0) is 15.1. The Morgan fingerprint density at radius 1 is 1.00 bits per heavy atom. The SMILES string of the molecule is C=CCOC(C[Se](=O)(=O)c1ccccc1)c1ccccc1. The van der Waals surface area contributed by atoms with Gasteiger partial charge >= 0.3 is 126 Å². The third-order valence-electron chi connectivity index (χ3n) is 3.06. The van der Waals surface area contributed by atoms with Crippen molar-refractivity contribution in [2.75, 3.05) is 6.61 Å². The van der Waals surface area contributed by atoms with E-state index < -0.39 is 18.8 Å². The Labute approximate surface area is 126 Å². The molecule has 2 rings (SSSR count). The van der Waals surface area contributed by atoms with Gasteiger partial charge in [-0.1, -0.05) is 0 Å². The summed E-state index contributed by atoms with van der Waals surface area (Å²) >= 11 is -4.23. The Hall–Kier alpha value is -1.74. The van der Waals surface area contributed by atoms with Crippen molar-refractivity contribution in [1.29, 1.82) is 0 Å². The van der Waals surface area contributed by atoms with Crippen molar-refractivity contribution < 1.29 is 12.4 Å². The van der Waals surface area contributed by atoms with Crippen LogP contribution in [0, 0.1) is 0 Å². The molecule has 0 aliphatic heterocycles. The van der Waals surface area contributed by atoms with Crippen LogP contribution in [0.3, 0.4) is 0 Å². The zero-order valence-electron chi connectivity index (χ0n) is 11.7. The van der Waals surface area contributed by atoms with Crippen LogP contribution in [0.5, 0.6) is 0 Å².